The van der Waals surface area contributed by atoms with Crippen LogP contribution in [-0.4, -0.2) is 46.5 Å². The van der Waals surface area contributed by atoms with Crippen molar-refractivity contribution < 1.29 is 14.9 Å². The molecular formula is C19H25NO3. The first-order chi connectivity index (χ1) is 11.2. The predicted molar refractivity (Wildman–Crippen MR) is 86.9 cm³/mol. The molecule has 2 bridgehead atoms. The SMILES string of the molecule is CCCN1CC[C@]23c4c5ccc(O)c4O[C@H]2[C@@H](O)CC[C@H]3[C@H]1C5. The summed E-state index contributed by atoms with van der Waals surface area (Å²) in [6, 6.07) is 4.42. The zero-order valence-corrected chi connectivity index (χ0v) is 13.7. The Morgan fingerprint density at radius 3 is 3.04 bits per heavy atom. The van der Waals surface area contributed by atoms with Gasteiger partial charge in [0, 0.05) is 17.0 Å². The van der Waals surface area contributed by atoms with Crippen LogP contribution >= 0.6 is 0 Å². The van der Waals surface area contributed by atoms with E-state index in [-0.39, 0.29) is 17.3 Å². The van der Waals surface area contributed by atoms with Gasteiger partial charge >= 0.3 is 0 Å². The number of phenolic OH excluding ortho intramolecular Hbond substituents is 1. The normalized spacial score (nSPS) is 40.6. The number of aromatic hydroxyl groups is 1. The number of ether oxygens (including phenoxy) is 1. The minimum Gasteiger partial charge on any atom is -0.504 e. The van der Waals surface area contributed by atoms with Crippen molar-refractivity contribution in [3.63, 3.8) is 0 Å². The molecule has 1 aromatic carbocycles. The van der Waals surface area contributed by atoms with Crippen molar-refractivity contribution >= 4 is 0 Å². The highest BCUT2D eigenvalue weighted by Gasteiger charge is 2.65. The monoisotopic (exact) mass is 315 g/mol. The summed E-state index contributed by atoms with van der Waals surface area (Å²) in [5.41, 5.74) is 2.49. The first-order valence-electron chi connectivity index (χ1n) is 9.11. The maximum Gasteiger partial charge on any atom is 0.165 e. The van der Waals surface area contributed by atoms with Gasteiger partial charge in [-0.1, -0.05) is 13.0 Å². The number of benzene rings is 1. The van der Waals surface area contributed by atoms with Gasteiger partial charge in [0.15, 0.2) is 11.5 Å². The Balaban J connectivity index is 1.72. The van der Waals surface area contributed by atoms with Crippen LogP contribution in [-0.2, 0) is 11.8 Å². The smallest absolute Gasteiger partial charge is 0.165 e. The second-order valence-electron chi connectivity index (χ2n) is 7.84. The molecule has 0 unspecified atom stereocenters. The van der Waals surface area contributed by atoms with Crippen LogP contribution in [0.15, 0.2) is 12.1 Å². The largest absolute Gasteiger partial charge is 0.504 e. The summed E-state index contributed by atoms with van der Waals surface area (Å²) in [6.07, 6.45) is 4.59. The Labute approximate surface area is 137 Å². The third-order valence-corrected chi connectivity index (χ3v) is 6.91. The van der Waals surface area contributed by atoms with E-state index >= 15 is 0 Å². The van der Waals surface area contributed by atoms with Crippen LogP contribution in [0, 0.1) is 5.92 Å². The summed E-state index contributed by atoms with van der Waals surface area (Å²) in [4.78, 5) is 2.67. The molecule has 2 heterocycles. The van der Waals surface area contributed by atoms with Gasteiger partial charge in [0.2, 0.25) is 0 Å². The molecule has 23 heavy (non-hydrogen) atoms. The van der Waals surface area contributed by atoms with Crippen LogP contribution in [0.1, 0.15) is 43.7 Å². The number of likely N-dealkylation sites (tertiary alicyclic amines) is 1. The molecule has 1 saturated heterocycles. The van der Waals surface area contributed by atoms with Crippen LogP contribution in [0.2, 0.25) is 0 Å². The Kier molecular flexibility index (Phi) is 2.85. The maximum atomic E-state index is 10.6. The molecule has 4 aliphatic rings. The Morgan fingerprint density at radius 2 is 2.22 bits per heavy atom. The van der Waals surface area contributed by atoms with Crippen molar-refractivity contribution in [2.75, 3.05) is 13.1 Å². The summed E-state index contributed by atoms with van der Waals surface area (Å²) in [7, 11) is 0. The Morgan fingerprint density at radius 1 is 1.35 bits per heavy atom. The summed E-state index contributed by atoms with van der Waals surface area (Å²) < 4.78 is 6.20. The highest BCUT2D eigenvalue weighted by molar-refractivity contribution is 5.60. The third-order valence-electron chi connectivity index (χ3n) is 6.91. The van der Waals surface area contributed by atoms with E-state index in [0.29, 0.717) is 17.7 Å². The van der Waals surface area contributed by atoms with E-state index in [1.807, 2.05) is 0 Å². The molecule has 0 aromatic heterocycles. The van der Waals surface area contributed by atoms with Gasteiger partial charge in [0.05, 0.1) is 6.10 Å². The van der Waals surface area contributed by atoms with Crippen molar-refractivity contribution in [2.24, 2.45) is 5.92 Å². The summed E-state index contributed by atoms with van der Waals surface area (Å²) in [5, 5.41) is 20.9. The first-order valence-corrected chi connectivity index (χ1v) is 9.11. The van der Waals surface area contributed by atoms with Crippen molar-refractivity contribution in [1.29, 1.82) is 0 Å². The van der Waals surface area contributed by atoms with Gasteiger partial charge in [-0.05, 0) is 62.7 Å². The molecule has 0 radical (unpaired) electrons. The molecule has 4 nitrogen and oxygen atoms in total. The van der Waals surface area contributed by atoms with Crippen LogP contribution in [0.3, 0.4) is 0 Å². The molecule has 1 aromatic rings. The van der Waals surface area contributed by atoms with Crippen molar-refractivity contribution in [1.82, 2.24) is 4.90 Å². The lowest BCUT2D eigenvalue weighted by Gasteiger charge is -2.59. The van der Waals surface area contributed by atoms with E-state index in [2.05, 4.69) is 17.9 Å². The average Bonchev–Trinajstić information content (AvgIpc) is 2.89. The molecule has 5 atom stereocenters. The molecule has 1 saturated carbocycles. The summed E-state index contributed by atoms with van der Waals surface area (Å²) in [5.74, 6) is 1.46. The number of phenols is 1. The lowest BCUT2D eigenvalue weighted by Crippen LogP contribution is -2.66. The lowest BCUT2D eigenvalue weighted by atomic mass is 9.51. The molecule has 1 spiro atoms. The zero-order valence-electron chi connectivity index (χ0n) is 13.7. The highest BCUT2D eigenvalue weighted by atomic mass is 16.5. The number of aliphatic hydroxyl groups is 1. The molecule has 124 valence electrons. The number of hydrogen-bond donors (Lipinski definition) is 2. The predicted octanol–water partition coefficient (Wildman–Crippen LogP) is 2.20. The van der Waals surface area contributed by atoms with Crippen LogP contribution in [0.4, 0.5) is 0 Å². The van der Waals surface area contributed by atoms with E-state index in [1.165, 1.54) is 17.5 Å². The molecule has 2 aliphatic heterocycles. The minimum atomic E-state index is -0.414. The lowest BCUT2D eigenvalue weighted by molar-refractivity contribution is -0.104. The van der Waals surface area contributed by atoms with E-state index < -0.39 is 6.10 Å². The molecule has 0 amide bonds. The van der Waals surface area contributed by atoms with E-state index in [9.17, 15) is 10.2 Å². The first kappa shape index (κ1) is 14.1. The van der Waals surface area contributed by atoms with Gasteiger partial charge in [0.1, 0.15) is 6.10 Å². The zero-order chi connectivity index (χ0) is 15.8. The number of hydrogen-bond acceptors (Lipinski definition) is 4. The quantitative estimate of drug-likeness (QED) is 0.878. The molecule has 4 heteroatoms. The number of aliphatic hydroxyl groups excluding tert-OH is 1. The minimum absolute atomic E-state index is 0.0752. The van der Waals surface area contributed by atoms with E-state index in [0.717, 1.165) is 38.8 Å². The van der Waals surface area contributed by atoms with Crippen LogP contribution in [0.25, 0.3) is 0 Å². The van der Waals surface area contributed by atoms with Crippen molar-refractivity contribution in [3.8, 4) is 11.5 Å². The topological polar surface area (TPSA) is 52.9 Å². The highest BCUT2D eigenvalue weighted by Crippen LogP contribution is 2.63. The third kappa shape index (κ3) is 1.59. The molecule has 2 fully saturated rings. The molecule has 2 aliphatic carbocycles. The van der Waals surface area contributed by atoms with Gasteiger partial charge in [-0.2, -0.15) is 0 Å². The summed E-state index contributed by atoms with van der Waals surface area (Å²) in [6.45, 7) is 4.49. The molecule has 5 rings (SSSR count). The average molecular weight is 315 g/mol. The molecular weight excluding hydrogens is 290 g/mol. The number of rotatable bonds is 2. The van der Waals surface area contributed by atoms with Crippen LogP contribution < -0.4 is 4.74 Å². The van der Waals surface area contributed by atoms with Crippen LogP contribution in [0.5, 0.6) is 11.5 Å². The fourth-order valence-corrected chi connectivity index (χ4v) is 6.16. The van der Waals surface area contributed by atoms with Crippen molar-refractivity contribution in [3.05, 3.63) is 23.3 Å². The van der Waals surface area contributed by atoms with Gasteiger partial charge in [0.25, 0.3) is 0 Å². The van der Waals surface area contributed by atoms with Gasteiger partial charge in [-0.25, -0.2) is 0 Å². The number of nitrogens with zero attached hydrogens (tertiary/aromatic N) is 1. The van der Waals surface area contributed by atoms with E-state index in [4.69, 9.17) is 4.74 Å². The second kappa shape index (κ2) is 4.64. The molecule has 2 N–H and O–H groups in total. The Bertz CT molecular complexity index is 660. The van der Waals surface area contributed by atoms with Gasteiger partial charge < -0.3 is 14.9 Å². The number of piperidine rings is 1. The second-order valence-corrected chi connectivity index (χ2v) is 7.84. The summed E-state index contributed by atoms with van der Waals surface area (Å²) >= 11 is 0. The van der Waals surface area contributed by atoms with E-state index in [1.54, 1.807) is 6.07 Å². The van der Waals surface area contributed by atoms with Crippen molar-refractivity contribution in [2.45, 2.75) is 62.7 Å². The van der Waals surface area contributed by atoms with Gasteiger partial charge in [-0.3, -0.25) is 4.90 Å². The standard InChI is InChI=1S/C19H25NO3/c1-2-8-20-9-7-19-12-4-6-15(22)18(19)23-17-14(21)5-3-11(16(17)19)10-13(12)20/h3,5,12-13,15,18,21-22H,2,4,6-10H2,1H3/t12-,13+,15-,18-,19-/m0/s1. The Hall–Kier alpha value is -1.26. The fraction of sp³-hybridized carbons (Fsp3) is 0.684. The van der Waals surface area contributed by atoms with Gasteiger partial charge in [-0.15, -0.1) is 0 Å². The maximum absolute atomic E-state index is 10.6. The fourth-order valence-electron chi connectivity index (χ4n) is 6.16.